The predicted octanol–water partition coefficient (Wildman–Crippen LogP) is 2.50. The second-order valence-electron chi connectivity index (χ2n) is 5.87. The van der Waals surface area contributed by atoms with Gasteiger partial charge in [-0.3, -0.25) is 19.7 Å². The van der Waals surface area contributed by atoms with Crippen molar-refractivity contribution in [1.29, 1.82) is 0 Å². The average molecular weight is 309 g/mol. The maximum absolute atomic E-state index is 11.9. The van der Waals surface area contributed by atoms with Crippen LogP contribution in [0.1, 0.15) is 38.3 Å². The summed E-state index contributed by atoms with van der Waals surface area (Å²) in [5.41, 5.74) is 0.260. The number of hydrogen-bond acceptors (Lipinski definition) is 5. The molecule has 0 aliphatic rings. The van der Waals surface area contributed by atoms with Crippen LogP contribution in [-0.4, -0.2) is 27.6 Å². The fraction of sp³-hybridized carbons (Fsp3) is 0.467. The highest BCUT2D eigenvalue weighted by Gasteiger charge is 2.19. The van der Waals surface area contributed by atoms with Crippen LogP contribution >= 0.6 is 0 Å². The minimum Gasteiger partial charge on any atom is -0.481 e. The quantitative estimate of drug-likeness (QED) is 0.491. The summed E-state index contributed by atoms with van der Waals surface area (Å²) in [5.74, 6) is -1.47. The van der Waals surface area contributed by atoms with Gasteiger partial charge in [0.15, 0.2) is 0 Å². The number of carbonyl (C=O) groups excluding carboxylic acids is 1. The summed E-state index contributed by atoms with van der Waals surface area (Å²) in [4.78, 5) is 32.8. The van der Waals surface area contributed by atoms with Gasteiger partial charge in [0, 0.05) is 18.6 Å². The van der Waals surface area contributed by atoms with Gasteiger partial charge in [0.25, 0.3) is 5.69 Å². The van der Waals surface area contributed by atoms with Crippen LogP contribution in [0.15, 0.2) is 18.2 Å². The van der Waals surface area contributed by atoms with E-state index in [1.54, 1.807) is 20.8 Å². The van der Waals surface area contributed by atoms with Gasteiger partial charge in [0.2, 0.25) is 0 Å². The molecule has 0 bridgehead atoms. The minimum absolute atomic E-state index is 0.0514. The molecule has 0 amide bonds. The molecule has 0 saturated carbocycles. The smallest absolute Gasteiger partial charge is 0.310 e. The number of nitro groups is 1. The molecule has 120 valence electrons. The van der Waals surface area contributed by atoms with E-state index < -0.39 is 22.5 Å². The van der Waals surface area contributed by atoms with Crippen LogP contribution in [0.5, 0.6) is 0 Å². The maximum atomic E-state index is 11.9. The van der Waals surface area contributed by atoms with Crippen molar-refractivity contribution in [3.63, 3.8) is 0 Å². The molecule has 0 atom stereocenters. The summed E-state index contributed by atoms with van der Waals surface area (Å²) >= 11 is 0. The number of aryl methyl sites for hydroxylation is 1. The maximum Gasteiger partial charge on any atom is 0.310 e. The Morgan fingerprint density at radius 1 is 1.27 bits per heavy atom. The molecular weight excluding hydrogens is 290 g/mol. The zero-order chi connectivity index (χ0) is 16.9. The van der Waals surface area contributed by atoms with E-state index in [9.17, 15) is 19.7 Å². The summed E-state index contributed by atoms with van der Waals surface area (Å²) < 4.78 is 5.21. The van der Waals surface area contributed by atoms with Crippen molar-refractivity contribution in [3.8, 4) is 0 Å². The van der Waals surface area contributed by atoms with Crippen LogP contribution in [-0.2, 0) is 27.2 Å². The van der Waals surface area contributed by atoms with Gasteiger partial charge in [-0.2, -0.15) is 0 Å². The fourth-order valence-corrected chi connectivity index (χ4v) is 1.91. The van der Waals surface area contributed by atoms with Gasteiger partial charge < -0.3 is 9.84 Å². The molecular formula is C15H19NO6. The summed E-state index contributed by atoms with van der Waals surface area (Å²) in [6.07, 6.45) is -0.0954. The normalized spacial score (nSPS) is 11.0. The largest absolute Gasteiger partial charge is 0.481 e. The van der Waals surface area contributed by atoms with Crippen LogP contribution in [0.3, 0.4) is 0 Å². The first-order chi connectivity index (χ1) is 10.1. The van der Waals surface area contributed by atoms with Gasteiger partial charge in [-0.1, -0.05) is 6.07 Å². The number of non-ortho nitro benzene ring substituents is 1. The third kappa shape index (κ3) is 5.90. The molecule has 0 unspecified atom stereocenters. The summed E-state index contributed by atoms with van der Waals surface area (Å²) in [5, 5.41) is 19.6. The lowest BCUT2D eigenvalue weighted by atomic mass is 9.99. The van der Waals surface area contributed by atoms with Crippen LogP contribution in [0.25, 0.3) is 0 Å². The van der Waals surface area contributed by atoms with E-state index in [1.807, 2.05) is 0 Å². The highest BCUT2D eigenvalue weighted by Crippen LogP contribution is 2.21. The van der Waals surface area contributed by atoms with Crippen molar-refractivity contribution in [2.45, 2.75) is 45.6 Å². The summed E-state index contributed by atoms with van der Waals surface area (Å²) in [7, 11) is 0. The van der Waals surface area contributed by atoms with Crippen molar-refractivity contribution in [3.05, 3.63) is 39.4 Å². The van der Waals surface area contributed by atoms with E-state index in [0.717, 1.165) is 0 Å². The van der Waals surface area contributed by atoms with Crippen LogP contribution < -0.4 is 0 Å². The molecule has 1 aromatic rings. The van der Waals surface area contributed by atoms with E-state index >= 15 is 0 Å². The summed E-state index contributed by atoms with van der Waals surface area (Å²) in [6, 6.07) is 4.08. The Balaban J connectivity index is 2.98. The van der Waals surface area contributed by atoms with Crippen molar-refractivity contribution >= 4 is 17.6 Å². The minimum atomic E-state index is -1.00. The van der Waals surface area contributed by atoms with E-state index in [-0.39, 0.29) is 24.9 Å². The lowest BCUT2D eigenvalue weighted by Crippen LogP contribution is -2.25. The standard InChI is InChI=1S/C15H19NO6/c1-15(2,3)22-14(19)9-11-4-6-12(16(20)21)8-10(11)5-7-13(17)18/h4,6,8H,5,7,9H2,1-3H3,(H,17,18). The molecule has 0 aliphatic carbocycles. The number of carbonyl (C=O) groups is 2. The van der Waals surface area contributed by atoms with Crippen molar-refractivity contribution < 1.29 is 24.4 Å². The lowest BCUT2D eigenvalue weighted by molar-refractivity contribution is -0.384. The van der Waals surface area contributed by atoms with E-state index in [1.165, 1.54) is 18.2 Å². The number of nitro benzene ring substituents is 1. The van der Waals surface area contributed by atoms with Gasteiger partial charge in [-0.05, 0) is 38.3 Å². The van der Waals surface area contributed by atoms with Crippen molar-refractivity contribution in [2.75, 3.05) is 0 Å². The first-order valence-corrected chi connectivity index (χ1v) is 6.78. The Morgan fingerprint density at radius 2 is 1.91 bits per heavy atom. The van der Waals surface area contributed by atoms with E-state index in [0.29, 0.717) is 11.1 Å². The number of benzene rings is 1. The molecule has 1 aromatic carbocycles. The third-order valence-corrected chi connectivity index (χ3v) is 2.76. The monoisotopic (exact) mass is 309 g/mol. The van der Waals surface area contributed by atoms with Crippen molar-refractivity contribution in [2.24, 2.45) is 0 Å². The van der Waals surface area contributed by atoms with Gasteiger partial charge in [-0.15, -0.1) is 0 Å². The van der Waals surface area contributed by atoms with Crippen molar-refractivity contribution in [1.82, 2.24) is 0 Å². The Labute approximate surface area is 128 Å². The predicted molar refractivity (Wildman–Crippen MR) is 78.6 cm³/mol. The fourth-order valence-electron chi connectivity index (χ4n) is 1.91. The first-order valence-electron chi connectivity index (χ1n) is 6.78. The Morgan fingerprint density at radius 3 is 2.41 bits per heavy atom. The number of esters is 1. The number of carboxylic acids is 1. The second-order valence-corrected chi connectivity index (χ2v) is 5.87. The van der Waals surface area contributed by atoms with Crippen LogP contribution in [0, 0.1) is 10.1 Å². The summed E-state index contributed by atoms with van der Waals surface area (Å²) in [6.45, 7) is 5.23. The second kappa shape index (κ2) is 7.02. The SMILES string of the molecule is CC(C)(C)OC(=O)Cc1ccc([N+](=O)[O-])cc1CCC(=O)O. The first kappa shape index (κ1) is 17.6. The lowest BCUT2D eigenvalue weighted by Gasteiger charge is -2.20. The highest BCUT2D eigenvalue weighted by molar-refractivity contribution is 5.74. The molecule has 0 aromatic heterocycles. The molecule has 22 heavy (non-hydrogen) atoms. The number of aliphatic carboxylic acids is 1. The Hall–Kier alpha value is -2.44. The molecule has 0 spiro atoms. The van der Waals surface area contributed by atoms with Gasteiger partial charge in [0.05, 0.1) is 11.3 Å². The zero-order valence-corrected chi connectivity index (χ0v) is 12.8. The molecule has 7 heteroatoms. The topological polar surface area (TPSA) is 107 Å². The molecule has 7 nitrogen and oxygen atoms in total. The van der Waals surface area contributed by atoms with Gasteiger partial charge in [0.1, 0.15) is 5.60 Å². The van der Waals surface area contributed by atoms with Crippen LogP contribution in [0.4, 0.5) is 5.69 Å². The molecule has 1 rings (SSSR count). The molecule has 0 saturated heterocycles. The molecule has 1 N–H and O–H groups in total. The third-order valence-electron chi connectivity index (χ3n) is 2.76. The Bertz CT molecular complexity index is 588. The van der Waals surface area contributed by atoms with Gasteiger partial charge in [-0.25, -0.2) is 0 Å². The average Bonchev–Trinajstić information content (AvgIpc) is 2.34. The van der Waals surface area contributed by atoms with E-state index in [2.05, 4.69) is 0 Å². The van der Waals surface area contributed by atoms with Gasteiger partial charge >= 0.3 is 11.9 Å². The molecule has 0 heterocycles. The van der Waals surface area contributed by atoms with E-state index in [4.69, 9.17) is 9.84 Å². The number of hydrogen-bond donors (Lipinski definition) is 1. The number of carboxylic acid groups (broad SMARTS) is 1. The number of nitrogens with zero attached hydrogens (tertiary/aromatic N) is 1. The Kier molecular flexibility index (Phi) is 5.62. The van der Waals surface area contributed by atoms with Crippen LogP contribution in [0.2, 0.25) is 0 Å². The molecule has 0 fully saturated rings. The molecule has 0 aliphatic heterocycles. The zero-order valence-electron chi connectivity index (χ0n) is 12.8. The highest BCUT2D eigenvalue weighted by atomic mass is 16.6. The molecule has 0 radical (unpaired) electrons. The number of rotatable bonds is 6. The number of ether oxygens (including phenoxy) is 1.